The van der Waals surface area contributed by atoms with E-state index in [0.29, 0.717) is 13.0 Å². The molecule has 1 N–H and O–H groups in total. The van der Waals surface area contributed by atoms with Crippen LogP contribution in [0.1, 0.15) is 26.7 Å². The molecule has 1 amide bonds. The van der Waals surface area contributed by atoms with Crippen LogP contribution in [-0.4, -0.2) is 12.5 Å². The molecule has 0 saturated heterocycles. The fourth-order valence-corrected chi connectivity index (χ4v) is 0.306. The fourth-order valence-electron chi connectivity index (χ4n) is 0.306. The van der Waals surface area contributed by atoms with Crippen molar-refractivity contribution >= 4 is 5.91 Å². The van der Waals surface area contributed by atoms with Gasteiger partial charge >= 0.3 is 0 Å². The molecule has 0 fully saturated rings. The summed E-state index contributed by atoms with van der Waals surface area (Å²) in [6, 6.07) is 0. The van der Waals surface area contributed by atoms with Crippen molar-refractivity contribution in [1.82, 2.24) is 5.48 Å². The molecule has 0 atom stereocenters. The molecular weight excluding hydrogens is 118 g/mol. The minimum absolute atomic E-state index is 0.0662. The molecule has 0 aromatic heterocycles. The highest BCUT2D eigenvalue weighted by Crippen LogP contribution is 1.77. The monoisotopic (exact) mass is 131 g/mol. The Morgan fingerprint density at radius 1 is 1.56 bits per heavy atom. The van der Waals surface area contributed by atoms with Crippen molar-refractivity contribution in [1.29, 1.82) is 0 Å². The highest BCUT2D eigenvalue weighted by atomic mass is 16.6. The molecule has 54 valence electrons. The molecule has 0 aliphatic heterocycles. The number of rotatable bonds is 4. The second-order valence-electron chi connectivity index (χ2n) is 1.73. The minimum atomic E-state index is -0.0662. The van der Waals surface area contributed by atoms with Crippen molar-refractivity contribution in [2.75, 3.05) is 6.61 Å². The number of nitrogens with one attached hydrogen (secondary N) is 1. The van der Waals surface area contributed by atoms with E-state index in [4.69, 9.17) is 4.84 Å². The van der Waals surface area contributed by atoms with Gasteiger partial charge in [0.15, 0.2) is 0 Å². The van der Waals surface area contributed by atoms with Gasteiger partial charge in [-0.05, 0) is 6.42 Å². The molecule has 0 aliphatic carbocycles. The van der Waals surface area contributed by atoms with Crippen molar-refractivity contribution in [2.24, 2.45) is 0 Å². The highest BCUT2D eigenvalue weighted by Gasteiger charge is 1.92. The second kappa shape index (κ2) is 5.56. The molecule has 3 heteroatoms. The number of hydroxylamine groups is 1. The summed E-state index contributed by atoms with van der Waals surface area (Å²) in [6.45, 7) is 4.36. The average Bonchev–Trinajstić information content (AvgIpc) is 1.89. The van der Waals surface area contributed by atoms with E-state index >= 15 is 0 Å². The number of carbonyl (C=O) groups excluding carboxylic acids is 1. The Bertz CT molecular complexity index is 83.1. The van der Waals surface area contributed by atoms with Crippen LogP contribution in [0, 0.1) is 0 Å². The number of carbonyl (C=O) groups is 1. The molecular formula is C6H13NO2. The fraction of sp³-hybridized carbons (Fsp3) is 0.833. The lowest BCUT2D eigenvalue weighted by Crippen LogP contribution is -2.22. The van der Waals surface area contributed by atoms with Crippen molar-refractivity contribution in [3.05, 3.63) is 0 Å². The quantitative estimate of drug-likeness (QED) is 0.454. The van der Waals surface area contributed by atoms with Gasteiger partial charge in [-0.1, -0.05) is 13.8 Å². The van der Waals surface area contributed by atoms with E-state index in [1.807, 2.05) is 6.92 Å². The van der Waals surface area contributed by atoms with E-state index in [9.17, 15) is 4.79 Å². The molecule has 0 aromatic rings. The summed E-state index contributed by atoms with van der Waals surface area (Å²) in [4.78, 5) is 15.2. The van der Waals surface area contributed by atoms with Gasteiger partial charge < -0.3 is 0 Å². The molecule has 0 rings (SSSR count). The summed E-state index contributed by atoms with van der Waals surface area (Å²) in [5.41, 5.74) is 2.29. The molecule has 3 nitrogen and oxygen atoms in total. The SMILES string of the molecule is CCCONC(=O)CC. The lowest BCUT2D eigenvalue weighted by atomic mass is 10.5. The zero-order chi connectivity index (χ0) is 7.11. The smallest absolute Gasteiger partial charge is 0.243 e. The van der Waals surface area contributed by atoms with Gasteiger partial charge in [0.25, 0.3) is 0 Å². The Balaban J connectivity index is 2.97. The predicted octanol–water partition coefficient (Wildman–Crippen LogP) is 0.854. The Morgan fingerprint density at radius 2 is 2.22 bits per heavy atom. The van der Waals surface area contributed by atoms with Crippen LogP contribution in [0.3, 0.4) is 0 Å². The van der Waals surface area contributed by atoms with Crippen LogP contribution in [0.4, 0.5) is 0 Å². The normalized spacial score (nSPS) is 9.11. The van der Waals surface area contributed by atoms with Crippen molar-refractivity contribution in [3.63, 3.8) is 0 Å². The minimum Gasteiger partial charge on any atom is -0.274 e. The van der Waals surface area contributed by atoms with Gasteiger partial charge in [-0.2, -0.15) is 0 Å². The van der Waals surface area contributed by atoms with Gasteiger partial charge in [-0.25, -0.2) is 5.48 Å². The average molecular weight is 131 g/mol. The summed E-state index contributed by atoms with van der Waals surface area (Å²) in [6.07, 6.45) is 1.40. The van der Waals surface area contributed by atoms with Crippen LogP contribution in [-0.2, 0) is 9.63 Å². The summed E-state index contributed by atoms with van der Waals surface area (Å²) in [7, 11) is 0. The summed E-state index contributed by atoms with van der Waals surface area (Å²) in [5.74, 6) is -0.0662. The Kier molecular flexibility index (Phi) is 5.21. The van der Waals surface area contributed by atoms with Crippen LogP contribution >= 0.6 is 0 Å². The van der Waals surface area contributed by atoms with Crippen molar-refractivity contribution in [3.8, 4) is 0 Å². The Morgan fingerprint density at radius 3 is 2.67 bits per heavy atom. The van der Waals surface area contributed by atoms with E-state index < -0.39 is 0 Å². The van der Waals surface area contributed by atoms with Gasteiger partial charge in [-0.15, -0.1) is 0 Å². The van der Waals surface area contributed by atoms with E-state index in [1.165, 1.54) is 0 Å². The van der Waals surface area contributed by atoms with Gasteiger partial charge in [0.1, 0.15) is 0 Å². The molecule has 0 saturated carbocycles. The third kappa shape index (κ3) is 5.30. The largest absolute Gasteiger partial charge is 0.274 e. The first kappa shape index (κ1) is 8.43. The van der Waals surface area contributed by atoms with E-state index in [1.54, 1.807) is 6.92 Å². The highest BCUT2D eigenvalue weighted by molar-refractivity contribution is 5.74. The molecule has 0 unspecified atom stereocenters. The lowest BCUT2D eigenvalue weighted by Gasteiger charge is -2.00. The summed E-state index contributed by atoms with van der Waals surface area (Å²) >= 11 is 0. The third-order valence-corrected chi connectivity index (χ3v) is 0.813. The maximum Gasteiger partial charge on any atom is 0.243 e. The topological polar surface area (TPSA) is 38.3 Å². The Hall–Kier alpha value is -0.570. The maximum absolute atomic E-state index is 10.5. The first-order valence-corrected chi connectivity index (χ1v) is 3.21. The van der Waals surface area contributed by atoms with Gasteiger partial charge in [0, 0.05) is 6.42 Å². The van der Waals surface area contributed by atoms with E-state index in [-0.39, 0.29) is 5.91 Å². The molecule has 0 aromatic carbocycles. The van der Waals surface area contributed by atoms with Gasteiger partial charge in [0.2, 0.25) is 5.91 Å². The molecule has 0 radical (unpaired) electrons. The van der Waals surface area contributed by atoms with Crippen LogP contribution in [0.5, 0.6) is 0 Å². The zero-order valence-corrected chi connectivity index (χ0v) is 5.94. The summed E-state index contributed by atoms with van der Waals surface area (Å²) in [5, 5.41) is 0. The number of amides is 1. The predicted molar refractivity (Wildman–Crippen MR) is 34.7 cm³/mol. The lowest BCUT2D eigenvalue weighted by molar-refractivity contribution is -0.133. The standard InChI is InChI=1S/C6H13NO2/c1-3-5-9-7-6(8)4-2/h3-5H2,1-2H3,(H,7,8). The molecule has 9 heavy (non-hydrogen) atoms. The summed E-state index contributed by atoms with van der Waals surface area (Å²) < 4.78 is 0. The Labute approximate surface area is 55.3 Å². The van der Waals surface area contributed by atoms with Gasteiger partial charge in [-0.3, -0.25) is 9.63 Å². The van der Waals surface area contributed by atoms with E-state index in [2.05, 4.69) is 5.48 Å². The maximum atomic E-state index is 10.5. The van der Waals surface area contributed by atoms with Gasteiger partial charge in [0.05, 0.1) is 6.61 Å². The number of hydrogen-bond donors (Lipinski definition) is 1. The van der Waals surface area contributed by atoms with Crippen molar-refractivity contribution in [2.45, 2.75) is 26.7 Å². The van der Waals surface area contributed by atoms with Crippen LogP contribution in [0.2, 0.25) is 0 Å². The molecule has 0 aliphatic rings. The first-order chi connectivity index (χ1) is 4.31. The second-order valence-corrected chi connectivity index (χ2v) is 1.73. The molecule has 0 heterocycles. The molecule has 0 spiro atoms. The zero-order valence-electron chi connectivity index (χ0n) is 5.94. The van der Waals surface area contributed by atoms with Crippen LogP contribution in [0.15, 0.2) is 0 Å². The third-order valence-electron chi connectivity index (χ3n) is 0.813. The number of hydrogen-bond acceptors (Lipinski definition) is 2. The van der Waals surface area contributed by atoms with Crippen LogP contribution < -0.4 is 5.48 Å². The molecule has 0 bridgehead atoms. The van der Waals surface area contributed by atoms with Crippen molar-refractivity contribution < 1.29 is 9.63 Å². The van der Waals surface area contributed by atoms with Crippen LogP contribution in [0.25, 0.3) is 0 Å². The van der Waals surface area contributed by atoms with E-state index in [0.717, 1.165) is 6.42 Å². The first-order valence-electron chi connectivity index (χ1n) is 3.21.